The summed E-state index contributed by atoms with van der Waals surface area (Å²) in [5.74, 6) is 2.03. The van der Waals surface area contributed by atoms with Crippen molar-refractivity contribution < 1.29 is 14.3 Å². The first kappa shape index (κ1) is 21.0. The van der Waals surface area contributed by atoms with Gasteiger partial charge in [0.2, 0.25) is 11.8 Å². The second-order valence-electron chi connectivity index (χ2n) is 8.26. The van der Waals surface area contributed by atoms with E-state index in [1.165, 1.54) is 0 Å². The first-order valence-corrected chi connectivity index (χ1v) is 11.1. The minimum absolute atomic E-state index is 0.0183. The molecule has 9 heteroatoms. The van der Waals surface area contributed by atoms with E-state index in [1.54, 1.807) is 12.0 Å². The average molecular weight is 447 g/mol. The van der Waals surface area contributed by atoms with Gasteiger partial charge in [0, 0.05) is 57.2 Å². The summed E-state index contributed by atoms with van der Waals surface area (Å²) in [5, 5.41) is 8.67. The van der Waals surface area contributed by atoms with E-state index in [1.807, 2.05) is 70.4 Å². The lowest BCUT2D eigenvalue weighted by Gasteiger charge is -2.36. The van der Waals surface area contributed by atoms with E-state index in [9.17, 15) is 9.59 Å². The van der Waals surface area contributed by atoms with E-state index in [4.69, 9.17) is 4.74 Å². The molecule has 0 saturated carbocycles. The zero-order valence-electron chi connectivity index (χ0n) is 18.5. The molecule has 170 valence electrons. The van der Waals surface area contributed by atoms with Crippen molar-refractivity contribution in [1.82, 2.24) is 19.7 Å². The summed E-state index contributed by atoms with van der Waals surface area (Å²) in [7, 11) is 1.61. The number of rotatable bonds is 5. The molecule has 0 aliphatic carbocycles. The van der Waals surface area contributed by atoms with Crippen molar-refractivity contribution in [3.8, 4) is 11.6 Å². The Hall–Kier alpha value is -3.88. The number of hydrogen-bond donors (Lipinski definition) is 0. The Morgan fingerprint density at radius 3 is 2.24 bits per heavy atom. The standard InChI is InChI=1S/C24H26N6O3/c1-33-20-6-4-19(5-7-20)30-17-18(16-23(30)31)24(32)29-14-12-28(13-15-29)22-9-8-21(25-26-22)27-10-2-3-11-27/h2-11,18H,12-17H2,1H3. The molecular formula is C24H26N6O3. The number of amides is 2. The number of carbonyl (C=O) groups is 2. The van der Waals surface area contributed by atoms with Gasteiger partial charge in [-0.15, -0.1) is 10.2 Å². The summed E-state index contributed by atoms with van der Waals surface area (Å²) in [6.07, 6.45) is 4.10. The van der Waals surface area contributed by atoms with Gasteiger partial charge in [0.05, 0.1) is 13.0 Å². The second kappa shape index (κ2) is 8.93. The highest BCUT2D eigenvalue weighted by molar-refractivity contribution is 6.00. The van der Waals surface area contributed by atoms with Gasteiger partial charge in [-0.1, -0.05) is 0 Å². The van der Waals surface area contributed by atoms with Crippen LogP contribution in [0.3, 0.4) is 0 Å². The highest BCUT2D eigenvalue weighted by Crippen LogP contribution is 2.28. The zero-order chi connectivity index (χ0) is 22.8. The number of piperazine rings is 1. The highest BCUT2D eigenvalue weighted by atomic mass is 16.5. The van der Waals surface area contributed by atoms with Crippen LogP contribution in [0, 0.1) is 5.92 Å². The van der Waals surface area contributed by atoms with Gasteiger partial charge in [-0.2, -0.15) is 0 Å². The number of methoxy groups -OCH3 is 1. The predicted octanol–water partition coefficient (Wildman–Crippen LogP) is 1.98. The molecule has 2 amide bonds. The van der Waals surface area contributed by atoms with Gasteiger partial charge in [-0.25, -0.2) is 0 Å². The Kier molecular flexibility index (Phi) is 5.68. The van der Waals surface area contributed by atoms with Crippen molar-refractivity contribution in [2.75, 3.05) is 49.6 Å². The monoisotopic (exact) mass is 446 g/mol. The summed E-state index contributed by atoms with van der Waals surface area (Å²) < 4.78 is 7.09. The van der Waals surface area contributed by atoms with Crippen molar-refractivity contribution in [3.63, 3.8) is 0 Å². The lowest BCUT2D eigenvalue weighted by Crippen LogP contribution is -2.51. The van der Waals surface area contributed by atoms with Gasteiger partial charge in [-0.05, 0) is 48.5 Å². The number of ether oxygens (including phenoxy) is 1. The summed E-state index contributed by atoms with van der Waals surface area (Å²) in [4.78, 5) is 31.4. The third kappa shape index (κ3) is 4.26. The van der Waals surface area contributed by atoms with E-state index < -0.39 is 0 Å². The van der Waals surface area contributed by atoms with Crippen LogP contribution in [0.4, 0.5) is 11.5 Å². The summed E-state index contributed by atoms with van der Waals surface area (Å²) in [6, 6.07) is 15.1. The lowest BCUT2D eigenvalue weighted by molar-refractivity contribution is -0.136. The van der Waals surface area contributed by atoms with E-state index in [-0.39, 0.29) is 24.2 Å². The Balaban J connectivity index is 1.17. The van der Waals surface area contributed by atoms with Crippen molar-refractivity contribution in [2.45, 2.75) is 6.42 Å². The highest BCUT2D eigenvalue weighted by Gasteiger charge is 2.38. The second-order valence-corrected chi connectivity index (χ2v) is 8.26. The third-order valence-corrected chi connectivity index (χ3v) is 6.28. The molecule has 0 radical (unpaired) electrons. The molecule has 1 atom stereocenters. The fourth-order valence-corrected chi connectivity index (χ4v) is 4.41. The van der Waals surface area contributed by atoms with Crippen LogP contribution in [0.25, 0.3) is 5.82 Å². The molecule has 5 rings (SSSR count). The first-order chi connectivity index (χ1) is 16.1. The van der Waals surface area contributed by atoms with Crippen LogP contribution in [0.2, 0.25) is 0 Å². The molecule has 9 nitrogen and oxygen atoms in total. The van der Waals surface area contributed by atoms with E-state index in [0.29, 0.717) is 32.7 Å². The molecule has 2 fully saturated rings. The summed E-state index contributed by atoms with van der Waals surface area (Å²) >= 11 is 0. The minimum Gasteiger partial charge on any atom is -0.497 e. The molecule has 1 unspecified atom stereocenters. The maximum atomic E-state index is 13.1. The Labute approximate surface area is 192 Å². The van der Waals surface area contributed by atoms with Gasteiger partial charge >= 0.3 is 0 Å². The number of benzene rings is 1. The van der Waals surface area contributed by atoms with Crippen molar-refractivity contribution in [3.05, 3.63) is 60.9 Å². The third-order valence-electron chi connectivity index (χ3n) is 6.28. The van der Waals surface area contributed by atoms with E-state index in [2.05, 4.69) is 15.1 Å². The van der Waals surface area contributed by atoms with Gasteiger partial charge in [0.1, 0.15) is 5.75 Å². The minimum atomic E-state index is -0.313. The maximum absolute atomic E-state index is 13.1. The Morgan fingerprint density at radius 2 is 1.61 bits per heavy atom. The molecule has 33 heavy (non-hydrogen) atoms. The molecule has 1 aromatic carbocycles. The van der Waals surface area contributed by atoms with Crippen molar-refractivity contribution in [1.29, 1.82) is 0 Å². The van der Waals surface area contributed by atoms with Gasteiger partial charge in [0.25, 0.3) is 0 Å². The fraction of sp³-hybridized carbons (Fsp3) is 0.333. The normalized spacial score (nSPS) is 18.6. The zero-order valence-corrected chi connectivity index (χ0v) is 18.5. The maximum Gasteiger partial charge on any atom is 0.228 e. The Bertz CT molecular complexity index is 1110. The van der Waals surface area contributed by atoms with Gasteiger partial charge in [0.15, 0.2) is 11.6 Å². The largest absolute Gasteiger partial charge is 0.497 e. The molecular weight excluding hydrogens is 420 g/mol. The number of carbonyl (C=O) groups excluding carboxylic acids is 2. The van der Waals surface area contributed by atoms with Crippen LogP contribution in [0.15, 0.2) is 60.9 Å². The molecule has 2 aliphatic heterocycles. The molecule has 0 spiro atoms. The van der Waals surface area contributed by atoms with E-state index in [0.717, 1.165) is 23.1 Å². The van der Waals surface area contributed by atoms with Crippen LogP contribution < -0.4 is 14.5 Å². The van der Waals surface area contributed by atoms with Crippen molar-refractivity contribution >= 4 is 23.3 Å². The van der Waals surface area contributed by atoms with E-state index >= 15 is 0 Å². The van der Waals surface area contributed by atoms with Gasteiger partial charge in [-0.3, -0.25) is 9.59 Å². The molecule has 2 aromatic heterocycles. The van der Waals surface area contributed by atoms with Crippen LogP contribution in [-0.2, 0) is 9.59 Å². The first-order valence-electron chi connectivity index (χ1n) is 11.1. The SMILES string of the molecule is COc1ccc(N2CC(C(=O)N3CCN(c4ccc(-n5cccc5)nn4)CC3)CC2=O)cc1. The van der Waals surface area contributed by atoms with Crippen LogP contribution in [0.5, 0.6) is 5.75 Å². The van der Waals surface area contributed by atoms with Crippen LogP contribution >= 0.6 is 0 Å². The summed E-state index contributed by atoms with van der Waals surface area (Å²) in [6.45, 7) is 3.00. The number of nitrogens with zero attached hydrogens (tertiary/aromatic N) is 6. The number of anilines is 2. The van der Waals surface area contributed by atoms with Gasteiger partial charge < -0.3 is 24.0 Å². The molecule has 2 aliphatic rings. The molecule has 3 aromatic rings. The topological polar surface area (TPSA) is 83.8 Å². The van der Waals surface area contributed by atoms with Crippen LogP contribution in [-0.4, -0.2) is 71.3 Å². The molecule has 0 bridgehead atoms. The smallest absolute Gasteiger partial charge is 0.228 e. The fourth-order valence-electron chi connectivity index (χ4n) is 4.41. The summed E-state index contributed by atoms with van der Waals surface area (Å²) in [5.41, 5.74) is 0.794. The Morgan fingerprint density at radius 1 is 0.939 bits per heavy atom. The quantitative estimate of drug-likeness (QED) is 0.596. The number of hydrogen-bond acceptors (Lipinski definition) is 6. The molecule has 0 N–H and O–H groups in total. The number of aromatic nitrogens is 3. The predicted molar refractivity (Wildman–Crippen MR) is 124 cm³/mol. The molecule has 2 saturated heterocycles. The molecule has 4 heterocycles. The van der Waals surface area contributed by atoms with Crippen molar-refractivity contribution in [2.24, 2.45) is 5.92 Å². The lowest BCUT2D eigenvalue weighted by atomic mass is 10.1. The average Bonchev–Trinajstić information content (AvgIpc) is 3.54. The van der Waals surface area contributed by atoms with Crippen LogP contribution in [0.1, 0.15) is 6.42 Å².